The summed E-state index contributed by atoms with van der Waals surface area (Å²) in [5.41, 5.74) is 3.89. The predicted molar refractivity (Wildman–Crippen MR) is 109 cm³/mol. The summed E-state index contributed by atoms with van der Waals surface area (Å²) in [4.78, 5) is 4.77. The second-order valence-electron chi connectivity index (χ2n) is 5.73. The Kier molecular flexibility index (Phi) is 18.1. The van der Waals surface area contributed by atoms with Crippen molar-refractivity contribution in [1.29, 1.82) is 0 Å². The maximum absolute atomic E-state index is 4.77. The molecule has 1 nitrogen and oxygen atoms in total. The minimum absolute atomic E-state index is 0.623. The summed E-state index contributed by atoms with van der Waals surface area (Å²) < 4.78 is 0. The second kappa shape index (κ2) is 17.2. The smallest absolute Gasteiger partial charge is 0.0615 e. The molecule has 0 heterocycles. The average Bonchev–Trinajstić information content (AvgIpc) is 2.59. The van der Waals surface area contributed by atoms with Crippen LogP contribution in [0.3, 0.4) is 0 Å². The monoisotopic (exact) mass is 319 g/mol. The molecule has 0 N–H and O–H groups in total. The largest absolute Gasteiger partial charge is 0.257 e. The highest BCUT2D eigenvalue weighted by Crippen LogP contribution is 2.21. The molecule has 0 aliphatic heterocycles. The van der Waals surface area contributed by atoms with Gasteiger partial charge in [0.25, 0.3) is 0 Å². The molecule has 0 aliphatic carbocycles. The normalized spacial score (nSPS) is 14.7. The van der Waals surface area contributed by atoms with Crippen molar-refractivity contribution in [3.8, 4) is 0 Å². The van der Waals surface area contributed by atoms with E-state index in [1.807, 2.05) is 13.8 Å². The third kappa shape index (κ3) is 12.0. The van der Waals surface area contributed by atoms with Gasteiger partial charge in [0, 0.05) is 6.21 Å². The minimum atomic E-state index is 0.623. The summed E-state index contributed by atoms with van der Waals surface area (Å²) in [7, 11) is 0. The lowest BCUT2D eigenvalue weighted by Gasteiger charge is -2.10. The van der Waals surface area contributed by atoms with Gasteiger partial charge >= 0.3 is 0 Å². The third-order valence-corrected chi connectivity index (χ3v) is 3.81. The molecular weight excluding hydrogens is 278 g/mol. The Morgan fingerprint density at radius 1 is 0.957 bits per heavy atom. The molecule has 0 aromatic heterocycles. The quantitative estimate of drug-likeness (QED) is 0.286. The zero-order chi connectivity index (χ0) is 18.1. The molecule has 0 aliphatic rings. The molecule has 0 rings (SSSR count). The van der Waals surface area contributed by atoms with Crippen molar-refractivity contribution in [3.05, 3.63) is 35.1 Å². The van der Waals surface area contributed by atoms with Crippen molar-refractivity contribution < 1.29 is 0 Å². The molecule has 0 aromatic rings. The van der Waals surface area contributed by atoms with Crippen LogP contribution in [0, 0.1) is 5.92 Å². The predicted octanol–water partition coefficient (Wildman–Crippen LogP) is 7.90. The SMILES string of the molecule is CC.C\C=C(/C=N/C(=C/C)C(=C\C(C)CC)/CCC)CCCC. The Hall–Kier alpha value is -1.11. The fourth-order valence-electron chi connectivity index (χ4n) is 2.19. The first-order chi connectivity index (χ1) is 11.1. The topological polar surface area (TPSA) is 12.4 Å². The number of hydrogen-bond donors (Lipinski definition) is 0. The van der Waals surface area contributed by atoms with Gasteiger partial charge in [0.15, 0.2) is 0 Å². The van der Waals surface area contributed by atoms with E-state index in [4.69, 9.17) is 4.99 Å². The van der Waals surface area contributed by atoms with E-state index in [9.17, 15) is 0 Å². The molecule has 1 atom stereocenters. The Balaban J connectivity index is 0. The molecule has 0 saturated heterocycles. The van der Waals surface area contributed by atoms with Crippen molar-refractivity contribution >= 4 is 6.21 Å². The zero-order valence-corrected chi connectivity index (χ0v) is 17.1. The van der Waals surface area contributed by atoms with E-state index >= 15 is 0 Å². The molecule has 1 unspecified atom stereocenters. The van der Waals surface area contributed by atoms with Crippen LogP contribution in [-0.2, 0) is 0 Å². The fraction of sp³-hybridized carbons (Fsp3) is 0.682. The van der Waals surface area contributed by atoms with Crippen LogP contribution >= 0.6 is 0 Å². The molecule has 1 heteroatoms. The number of hydrogen-bond acceptors (Lipinski definition) is 1. The molecule has 134 valence electrons. The van der Waals surface area contributed by atoms with E-state index in [0.717, 1.165) is 18.5 Å². The third-order valence-electron chi connectivity index (χ3n) is 3.81. The average molecular weight is 320 g/mol. The van der Waals surface area contributed by atoms with Crippen molar-refractivity contribution in [2.45, 2.75) is 93.9 Å². The highest BCUT2D eigenvalue weighted by molar-refractivity contribution is 5.79. The molecule has 0 amide bonds. The highest BCUT2D eigenvalue weighted by atomic mass is 14.7. The number of aliphatic imine (C=N–C) groups is 1. The summed E-state index contributed by atoms with van der Waals surface area (Å²) in [6.45, 7) is 17.2. The van der Waals surface area contributed by atoms with Crippen molar-refractivity contribution in [3.63, 3.8) is 0 Å². The summed E-state index contributed by atoms with van der Waals surface area (Å²) in [5, 5.41) is 0. The van der Waals surface area contributed by atoms with Crippen LogP contribution in [0.25, 0.3) is 0 Å². The minimum Gasteiger partial charge on any atom is -0.257 e. The first kappa shape index (κ1) is 24.1. The Morgan fingerprint density at radius 3 is 2.04 bits per heavy atom. The second-order valence-corrected chi connectivity index (χ2v) is 5.73. The summed E-state index contributed by atoms with van der Waals surface area (Å²) in [6.07, 6.45) is 15.9. The van der Waals surface area contributed by atoms with Crippen LogP contribution in [0.1, 0.15) is 93.9 Å². The van der Waals surface area contributed by atoms with E-state index in [1.165, 1.54) is 36.8 Å². The number of allylic oxidation sites excluding steroid dienone is 5. The van der Waals surface area contributed by atoms with Gasteiger partial charge in [-0.15, -0.1) is 0 Å². The molecule has 0 aromatic carbocycles. The summed E-state index contributed by atoms with van der Waals surface area (Å²) in [6, 6.07) is 0. The molecular formula is C22H41N. The Labute approximate surface area is 146 Å². The van der Waals surface area contributed by atoms with E-state index in [0.29, 0.717) is 5.92 Å². The maximum atomic E-state index is 4.77. The summed E-state index contributed by atoms with van der Waals surface area (Å²) in [5.74, 6) is 0.623. The van der Waals surface area contributed by atoms with Gasteiger partial charge in [-0.1, -0.05) is 79.0 Å². The van der Waals surface area contributed by atoms with E-state index in [-0.39, 0.29) is 0 Å². The van der Waals surface area contributed by atoms with Crippen LogP contribution in [0.2, 0.25) is 0 Å². The van der Waals surface area contributed by atoms with E-state index in [2.05, 4.69) is 66.0 Å². The lowest BCUT2D eigenvalue weighted by molar-refractivity contribution is 0.687. The Morgan fingerprint density at radius 2 is 1.61 bits per heavy atom. The van der Waals surface area contributed by atoms with Gasteiger partial charge in [-0.3, -0.25) is 4.99 Å². The lowest BCUT2D eigenvalue weighted by Crippen LogP contribution is -1.95. The van der Waals surface area contributed by atoms with Crippen LogP contribution in [0.5, 0.6) is 0 Å². The van der Waals surface area contributed by atoms with Gasteiger partial charge in [0.1, 0.15) is 0 Å². The van der Waals surface area contributed by atoms with Crippen LogP contribution in [0.4, 0.5) is 0 Å². The number of rotatable bonds is 10. The number of nitrogens with zero attached hydrogens (tertiary/aromatic N) is 1. The van der Waals surface area contributed by atoms with Crippen LogP contribution < -0.4 is 0 Å². The first-order valence-electron chi connectivity index (χ1n) is 9.69. The van der Waals surface area contributed by atoms with Crippen LogP contribution in [0.15, 0.2) is 40.1 Å². The summed E-state index contributed by atoms with van der Waals surface area (Å²) >= 11 is 0. The molecule has 0 spiro atoms. The number of unbranched alkanes of at least 4 members (excludes halogenated alkanes) is 1. The fourth-order valence-corrected chi connectivity index (χ4v) is 2.19. The van der Waals surface area contributed by atoms with Crippen molar-refractivity contribution in [1.82, 2.24) is 0 Å². The highest BCUT2D eigenvalue weighted by Gasteiger charge is 2.05. The molecule has 0 bridgehead atoms. The molecule has 0 saturated carbocycles. The van der Waals surface area contributed by atoms with Crippen LogP contribution in [-0.4, -0.2) is 6.21 Å². The van der Waals surface area contributed by atoms with Gasteiger partial charge in [0.05, 0.1) is 5.70 Å². The Bertz CT molecular complexity index is 383. The molecule has 0 fully saturated rings. The zero-order valence-electron chi connectivity index (χ0n) is 17.1. The van der Waals surface area contributed by atoms with Crippen molar-refractivity contribution in [2.75, 3.05) is 0 Å². The molecule has 0 radical (unpaired) electrons. The van der Waals surface area contributed by atoms with Gasteiger partial charge in [-0.05, 0) is 50.2 Å². The molecule has 23 heavy (non-hydrogen) atoms. The van der Waals surface area contributed by atoms with E-state index < -0.39 is 0 Å². The van der Waals surface area contributed by atoms with Gasteiger partial charge in [-0.2, -0.15) is 0 Å². The van der Waals surface area contributed by atoms with Crippen molar-refractivity contribution in [2.24, 2.45) is 10.9 Å². The van der Waals surface area contributed by atoms with Gasteiger partial charge in [-0.25, -0.2) is 0 Å². The maximum Gasteiger partial charge on any atom is 0.0615 e. The first-order valence-corrected chi connectivity index (χ1v) is 9.69. The standard InChI is InChI=1S/C20H35N.C2H6/c1-7-12-14-18(10-4)16-21-20(11-5)19(13-8-2)15-17(6)9-3;1-2/h10-11,15-17H,7-9,12-14H2,1-6H3;1-2H3/b18-10-,19-15-,20-11+,21-16+;. The van der Waals surface area contributed by atoms with Gasteiger partial charge < -0.3 is 0 Å². The van der Waals surface area contributed by atoms with E-state index in [1.54, 1.807) is 0 Å². The lowest BCUT2D eigenvalue weighted by atomic mass is 9.99. The van der Waals surface area contributed by atoms with Gasteiger partial charge in [0.2, 0.25) is 0 Å².